The zero-order chi connectivity index (χ0) is 12.0. The Bertz CT molecular complexity index is 391. The number of amides is 1. The van der Waals surface area contributed by atoms with Gasteiger partial charge in [-0.05, 0) is 30.7 Å². The summed E-state index contributed by atoms with van der Waals surface area (Å²) in [6.07, 6.45) is 6.59. The van der Waals surface area contributed by atoms with Crippen molar-refractivity contribution in [1.82, 2.24) is 5.32 Å². The third kappa shape index (κ3) is 3.60. The van der Waals surface area contributed by atoms with Gasteiger partial charge in [-0.25, -0.2) is 0 Å². The summed E-state index contributed by atoms with van der Waals surface area (Å²) in [5, 5.41) is 3.50. The van der Waals surface area contributed by atoms with Gasteiger partial charge in [0, 0.05) is 23.0 Å². The highest BCUT2D eigenvalue weighted by atomic mass is 35.5. The summed E-state index contributed by atoms with van der Waals surface area (Å²) in [5.74, 6) is 2.44. The first-order valence-corrected chi connectivity index (χ1v) is 5.55. The van der Waals surface area contributed by atoms with E-state index in [1.165, 1.54) is 0 Å². The van der Waals surface area contributed by atoms with Crippen LogP contribution in [0.3, 0.4) is 0 Å². The molecule has 1 aromatic rings. The lowest BCUT2D eigenvalue weighted by Gasteiger charge is -2.14. The highest BCUT2D eigenvalue weighted by Crippen LogP contribution is 2.10. The average Bonchev–Trinajstić information content (AvgIpc) is 2.29. The Morgan fingerprint density at radius 2 is 2.12 bits per heavy atom. The summed E-state index contributed by atoms with van der Waals surface area (Å²) < 4.78 is 0. The molecule has 1 aromatic carbocycles. The van der Waals surface area contributed by atoms with Crippen molar-refractivity contribution in [1.29, 1.82) is 0 Å². The van der Waals surface area contributed by atoms with Crippen LogP contribution in [-0.4, -0.2) is 11.9 Å². The highest BCUT2D eigenvalue weighted by molar-refractivity contribution is 6.30. The van der Waals surface area contributed by atoms with E-state index in [0.29, 0.717) is 17.0 Å². The molecule has 16 heavy (non-hydrogen) atoms. The van der Waals surface area contributed by atoms with E-state index in [0.717, 1.165) is 6.42 Å². The summed E-state index contributed by atoms with van der Waals surface area (Å²) in [5.41, 5.74) is 0.597. The number of hydrogen-bond donors (Lipinski definition) is 1. The molecule has 1 amide bonds. The molecule has 1 atom stereocenters. The lowest BCUT2D eigenvalue weighted by atomic mass is 10.1. The maximum Gasteiger partial charge on any atom is 0.251 e. The first kappa shape index (κ1) is 12.6. The van der Waals surface area contributed by atoms with Crippen LogP contribution < -0.4 is 5.32 Å². The van der Waals surface area contributed by atoms with Crippen LogP contribution in [0.4, 0.5) is 0 Å². The van der Waals surface area contributed by atoms with Gasteiger partial charge in [0.1, 0.15) is 0 Å². The van der Waals surface area contributed by atoms with Gasteiger partial charge >= 0.3 is 0 Å². The van der Waals surface area contributed by atoms with E-state index in [9.17, 15) is 4.79 Å². The highest BCUT2D eigenvalue weighted by Gasteiger charge is 2.10. The van der Waals surface area contributed by atoms with Gasteiger partial charge in [-0.2, -0.15) is 0 Å². The summed E-state index contributed by atoms with van der Waals surface area (Å²) in [6.45, 7) is 1.99. The Kier molecular flexibility index (Phi) is 4.88. The Hall–Kier alpha value is -1.46. The van der Waals surface area contributed by atoms with Crippen LogP contribution in [0.2, 0.25) is 5.02 Å². The summed E-state index contributed by atoms with van der Waals surface area (Å²) in [4.78, 5) is 11.8. The monoisotopic (exact) mass is 235 g/mol. The SMILES string of the molecule is C#CCC(CC)NC(=O)c1ccc(Cl)cc1. The van der Waals surface area contributed by atoms with E-state index in [1.807, 2.05) is 6.92 Å². The van der Waals surface area contributed by atoms with E-state index >= 15 is 0 Å². The molecule has 1 unspecified atom stereocenters. The Labute approximate surface area is 101 Å². The minimum absolute atomic E-state index is 0.0354. The molecular formula is C13H14ClNO. The van der Waals surface area contributed by atoms with Gasteiger partial charge < -0.3 is 5.32 Å². The molecule has 0 aliphatic heterocycles. The molecule has 0 heterocycles. The van der Waals surface area contributed by atoms with Crippen molar-refractivity contribution in [2.75, 3.05) is 0 Å². The van der Waals surface area contributed by atoms with Crippen molar-refractivity contribution in [3.63, 3.8) is 0 Å². The molecule has 0 spiro atoms. The van der Waals surface area contributed by atoms with Gasteiger partial charge in [0.25, 0.3) is 5.91 Å². The predicted octanol–water partition coefficient (Wildman–Crippen LogP) is 2.87. The molecule has 1 rings (SSSR count). The van der Waals surface area contributed by atoms with Gasteiger partial charge in [0.2, 0.25) is 0 Å². The van der Waals surface area contributed by atoms with Crippen LogP contribution in [0.1, 0.15) is 30.1 Å². The van der Waals surface area contributed by atoms with Gasteiger partial charge in [-0.15, -0.1) is 12.3 Å². The first-order chi connectivity index (χ1) is 7.67. The molecule has 84 valence electrons. The Morgan fingerprint density at radius 3 is 2.62 bits per heavy atom. The number of nitrogens with one attached hydrogen (secondary N) is 1. The van der Waals surface area contributed by atoms with Gasteiger partial charge in [0.05, 0.1) is 0 Å². The molecule has 0 aromatic heterocycles. The normalized spacial score (nSPS) is 11.6. The molecule has 3 heteroatoms. The summed E-state index contributed by atoms with van der Waals surface area (Å²) >= 11 is 5.74. The van der Waals surface area contributed by atoms with Crippen molar-refractivity contribution < 1.29 is 4.79 Å². The predicted molar refractivity (Wildman–Crippen MR) is 66.4 cm³/mol. The second-order valence-electron chi connectivity index (χ2n) is 3.49. The van der Waals surface area contributed by atoms with Gasteiger partial charge in [-0.3, -0.25) is 4.79 Å². The average molecular weight is 236 g/mol. The van der Waals surface area contributed by atoms with Crippen LogP contribution in [0.5, 0.6) is 0 Å². The third-order valence-corrected chi connectivity index (χ3v) is 2.55. The molecular weight excluding hydrogens is 222 g/mol. The molecule has 2 nitrogen and oxygen atoms in total. The largest absolute Gasteiger partial charge is 0.348 e. The maximum absolute atomic E-state index is 11.8. The Morgan fingerprint density at radius 1 is 1.50 bits per heavy atom. The van der Waals surface area contributed by atoms with Crippen LogP contribution in [-0.2, 0) is 0 Å². The maximum atomic E-state index is 11.8. The molecule has 0 saturated carbocycles. The molecule has 0 fully saturated rings. The Balaban J connectivity index is 2.65. The van der Waals surface area contributed by atoms with E-state index < -0.39 is 0 Å². The fourth-order valence-electron chi connectivity index (χ4n) is 1.31. The topological polar surface area (TPSA) is 29.1 Å². The number of carbonyl (C=O) groups is 1. The van der Waals surface area contributed by atoms with Gasteiger partial charge in [0.15, 0.2) is 0 Å². The van der Waals surface area contributed by atoms with Crippen molar-refractivity contribution in [2.24, 2.45) is 0 Å². The minimum Gasteiger partial charge on any atom is -0.348 e. The lowest BCUT2D eigenvalue weighted by Crippen LogP contribution is -2.34. The molecule has 0 bridgehead atoms. The number of carbonyl (C=O) groups excluding carboxylic acids is 1. The van der Waals surface area contributed by atoms with Crippen molar-refractivity contribution in [3.05, 3.63) is 34.9 Å². The zero-order valence-corrected chi connectivity index (χ0v) is 9.92. The quantitative estimate of drug-likeness (QED) is 0.799. The van der Waals surface area contributed by atoms with Crippen molar-refractivity contribution in [2.45, 2.75) is 25.8 Å². The van der Waals surface area contributed by atoms with E-state index in [4.69, 9.17) is 18.0 Å². The van der Waals surface area contributed by atoms with E-state index in [-0.39, 0.29) is 11.9 Å². The molecule has 1 N–H and O–H groups in total. The van der Waals surface area contributed by atoms with E-state index in [2.05, 4.69) is 11.2 Å². The molecule has 0 saturated heterocycles. The zero-order valence-electron chi connectivity index (χ0n) is 9.16. The number of halogens is 1. The fourth-order valence-corrected chi connectivity index (χ4v) is 1.44. The standard InChI is InChI=1S/C13H14ClNO/c1-3-5-12(4-2)15-13(16)10-6-8-11(14)9-7-10/h1,6-9,12H,4-5H2,2H3,(H,15,16). The second kappa shape index (κ2) is 6.19. The van der Waals surface area contributed by atoms with Gasteiger partial charge in [-0.1, -0.05) is 18.5 Å². The van der Waals surface area contributed by atoms with Crippen LogP contribution in [0.25, 0.3) is 0 Å². The number of benzene rings is 1. The number of rotatable bonds is 4. The first-order valence-electron chi connectivity index (χ1n) is 5.17. The fraction of sp³-hybridized carbons (Fsp3) is 0.308. The van der Waals surface area contributed by atoms with Crippen molar-refractivity contribution >= 4 is 17.5 Å². The summed E-state index contributed by atoms with van der Waals surface area (Å²) in [6, 6.07) is 6.81. The smallest absolute Gasteiger partial charge is 0.251 e. The number of hydrogen-bond acceptors (Lipinski definition) is 1. The van der Waals surface area contributed by atoms with E-state index in [1.54, 1.807) is 24.3 Å². The third-order valence-electron chi connectivity index (χ3n) is 2.30. The number of terminal acetylenes is 1. The lowest BCUT2D eigenvalue weighted by molar-refractivity contribution is 0.0936. The van der Waals surface area contributed by atoms with Crippen molar-refractivity contribution in [3.8, 4) is 12.3 Å². The van der Waals surface area contributed by atoms with Crippen LogP contribution >= 0.6 is 11.6 Å². The van der Waals surface area contributed by atoms with Crippen LogP contribution in [0, 0.1) is 12.3 Å². The van der Waals surface area contributed by atoms with Crippen LogP contribution in [0.15, 0.2) is 24.3 Å². The molecule has 0 aliphatic carbocycles. The second-order valence-corrected chi connectivity index (χ2v) is 3.93. The minimum atomic E-state index is -0.112. The summed E-state index contributed by atoms with van der Waals surface area (Å²) in [7, 11) is 0. The molecule has 0 aliphatic rings. The molecule has 0 radical (unpaired) electrons.